The van der Waals surface area contributed by atoms with E-state index in [4.69, 9.17) is 14.2 Å². The monoisotopic (exact) mass is 524 g/mol. The number of carbonyl (C=O) groups excluding carboxylic acids is 1. The number of rotatable bonds is 12. The fourth-order valence-electron chi connectivity index (χ4n) is 4.53. The van der Waals surface area contributed by atoms with Crippen LogP contribution in [0.1, 0.15) is 27.0 Å². The first-order valence-corrected chi connectivity index (χ1v) is 13.0. The minimum atomic E-state index is -0.0785. The molecule has 0 heterocycles. The lowest BCUT2D eigenvalue weighted by molar-refractivity contribution is 0.0949. The fourth-order valence-corrected chi connectivity index (χ4v) is 4.53. The van der Waals surface area contributed by atoms with E-state index in [1.165, 1.54) is 16.7 Å². The number of hydrogen-bond donors (Lipinski definition) is 1. The standard InChI is InChI=1S/C33H36N2O4/c1-24-27(16-11-17-29(24)25-12-7-5-8-13-25)23-39-28-20-31(37-3)30(32(21-28)38-4)22-35(2)19-18-34-33(36)26-14-9-6-10-15-26/h5-17,20-21H,18-19,22-23H2,1-4H3,(H,34,36). The molecule has 4 rings (SSSR count). The molecule has 0 unspecified atom stereocenters. The predicted molar refractivity (Wildman–Crippen MR) is 156 cm³/mol. The van der Waals surface area contributed by atoms with Crippen LogP contribution in [0.5, 0.6) is 17.2 Å². The molecule has 6 nitrogen and oxygen atoms in total. The summed E-state index contributed by atoms with van der Waals surface area (Å²) in [6, 6.07) is 29.7. The molecule has 0 aliphatic rings. The lowest BCUT2D eigenvalue weighted by Gasteiger charge is -2.21. The number of nitrogens with one attached hydrogen (secondary N) is 1. The number of likely N-dealkylation sites (N-methyl/N-ethyl adjacent to an activating group) is 1. The van der Waals surface area contributed by atoms with Crippen molar-refractivity contribution in [3.63, 3.8) is 0 Å². The van der Waals surface area contributed by atoms with Gasteiger partial charge in [0.15, 0.2) is 0 Å². The van der Waals surface area contributed by atoms with Gasteiger partial charge in [-0.05, 0) is 48.4 Å². The summed E-state index contributed by atoms with van der Waals surface area (Å²) in [5.41, 5.74) is 6.28. The molecule has 0 spiro atoms. The molecule has 39 heavy (non-hydrogen) atoms. The van der Waals surface area contributed by atoms with Crippen LogP contribution in [-0.4, -0.2) is 45.2 Å². The maximum atomic E-state index is 12.3. The lowest BCUT2D eigenvalue weighted by Crippen LogP contribution is -2.32. The van der Waals surface area contributed by atoms with Gasteiger partial charge in [0, 0.05) is 37.3 Å². The summed E-state index contributed by atoms with van der Waals surface area (Å²) in [5, 5.41) is 2.97. The molecule has 1 N–H and O–H groups in total. The van der Waals surface area contributed by atoms with E-state index >= 15 is 0 Å². The summed E-state index contributed by atoms with van der Waals surface area (Å²) in [5.74, 6) is 1.98. The van der Waals surface area contributed by atoms with Gasteiger partial charge in [-0.3, -0.25) is 4.79 Å². The molecule has 6 heteroatoms. The summed E-state index contributed by atoms with van der Waals surface area (Å²) in [6.45, 7) is 4.34. The molecule has 0 saturated carbocycles. The van der Waals surface area contributed by atoms with Gasteiger partial charge < -0.3 is 24.4 Å². The Balaban J connectivity index is 1.41. The quantitative estimate of drug-likeness (QED) is 0.242. The third-order valence-electron chi connectivity index (χ3n) is 6.75. The van der Waals surface area contributed by atoms with Gasteiger partial charge >= 0.3 is 0 Å². The number of carbonyl (C=O) groups is 1. The second kappa shape index (κ2) is 13.5. The first-order chi connectivity index (χ1) is 19.0. The van der Waals surface area contributed by atoms with Crippen LogP contribution < -0.4 is 19.5 Å². The molecule has 0 radical (unpaired) electrons. The predicted octanol–water partition coefficient (Wildman–Crippen LogP) is 6.12. The van der Waals surface area contributed by atoms with E-state index in [1.54, 1.807) is 26.4 Å². The molecule has 0 fully saturated rings. The van der Waals surface area contributed by atoms with Crippen LogP contribution in [0.3, 0.4) is 0 Å². The zero-order valence-corrected chi connectivity index (χ0v) is 23.1. The Hall–Kier alpha value is -4.29. The van der Waals surface area contributed by atoms with Crippen LogP contribution in [0, 0.1) is 6.92 Å². The van der Waals surface area contributed by atoms with Gasteiger partial charge in [0.1, 0.15) is 23.9 Å². The average Bonchev–Trinajstić information content (AvgIpc) is 2.97. The molecule has 1 amide bonds. The fraction of sp³-hybridized carbons (Fsp3) is 0.242. The van der Waals surface area contributed by atoms with E-state index in [0.717, 1.165) is 11.1 Å². The first-order valence-electron chi connectivity index (χ1n) is 13.0. The highest BCUT2D eigenvalue weighted by Crippen LogP contribution is 2.35. The van der Waals surface area contributed by atoms with E-state index in [2.05, 4.69) is 59.6 Å². The zero-order chi connectivity index (χ0) is 27.6. The Kier molecular flexibility index (Phi) is 9.59. The first kappa shape index (κ1) is 27.7. The molecule has 0 aromatic heterocycles. The van der Waals surface area contributed by atoms with Crippen LogP contribution in [0.2, 0.25) is 0 Å². The molecule has 0 saturated heterocycles. The normalized spacial score (nSPS) is 10.8. The zero-order valence-electron chi connectivity index (χ0n) is 23.1. The highest BCUT2D eigenvalue weighted by Gasteiger charge is 2.16. The van der Waals surface area contributed by atoms with Crippen molar-refractivity contribution >= 4 is 5.91 Å². The maximum Gasteiger partial charge on any atom is 0.251 e. The van der Waals surface area contributed by atoms with Crippen molar-refractivity contribution in [2.75, 3.05) is 34.4 Å². The van der Waals surface area contributed by atoms with Crippen molar-refractivity contribution in [3.05, 3.63) is 113 Å². The molecule has 202 valence electrons. The Labute approximate surface area is 231 Å². The smallest absolute Gasteiger partial charge is 0.251 e. The molecule has 0 bridgehead atoms. The van der Waals surface area contributed by atoms with Crippen molar-refractivity contribution in [3.8, 4) is 28.4 Å². The van der Waals surface area contributed by atoms with Gasteiger partial charge in [-0.25, -0.2) is 0 Å². The third-order valence-corrected chi connectivity index (χ3v) is 6.75. The Morgan fingerprint density at radius 3 is 2.13 bits per heavy atom. The average molecular weight is 525 g/mol. The Bertz CT molecular complexity index is 1350. The van der Waals surface area contributed by atoms with Crippen LogP contribution in [-0.2, 0) is 13.2 Å². The van der Waals surface area contributed by atoms with Gasteiger partial charge in [-0.2, -0.15) is 0 Å². The van der Waals surface area contributed by atoms with Gasteiger partial charge in [-0.15, -0.1) is 0 Å². The topological polar surface area (TPSA) is 60.0 Å². The largest absolute Gasteiger partial charge is 0.496 e. The van der Waals surface area contributed by atoms with Gasteiger partial charge in [0.05, 0.1) is 19.8 Å². The van der Waals surface area contributed by atoms with Gasteiger partial charge in [0.25, 0.3) is 5.91 Å². The van der Waals surface area contributed by atoms with Crippen LogP contribution in [0.4, 0.5) is 0 Å². The summed E-state index contributed by atoms with van der Waals surface area (Å²) in [6.07, 6.45) is 0. The number of benzene rings is 4. The van der Waals surface area contributed by atoms with Crippen LogP contribution in [0.25, 0.3) is 11.1 Å². The second-order valence-corrected chi connectivity index (χ2v) is 9.41. The van der Waals surface area contributed by atoms with E-state index in [0.29, 0.717) is 49.1 Å². The SMILES string of the molecule is COc1cc(OCc2cccc(-c3ccccc3)c2C)cc(OC)c1CN(C)CCNC(=O)c1ccccc1. The Morgan fingerprint density at radius 2 is 1.49 bits per heavy atom. The number of hydrogen-bond acceptors (Lipinski definition) is 5. The molecule has 4 aromatic rings. The number of ether oxygens (including phenoxy) is 3. The summed E-state index contributed by atoms with van der Waals surface area (Å²) < 4.78 is 17.7. The van der Waals surface area contributed by atoms with Crippen molar-refractivity contribution in [2.45, 2.75) is 20.1 Å². The van der Waals surface area contributed by atoms with Gasteiger partial charge in [0.2, 0.25) is 0 Å². The van der Waals surface area contributed by atoms with E-state index in [-0.39, 0.29) is 5.91 Å². The van der Waals surface area contributed by atoms with Crippen molar-refractivity contribution < 1.29 is 19.0 Å². The summed E-state index contributed by atoms with van der Waals surface area (Å²) in [4.78, 5) is 14.4. The minimum Gasteiger partial charge on any atom is -0.496 e. The summed E-state index contributed by atoms with van der Waals surface area (Å²) in [7, 11) is 5.30. The number of amides is 1. The third kappa shape index (κ3) is 7.18. The van der Waals surface area contributed by atoms with Crippen molar-refractivity contribution in [1.29, 1.82) is 0 Å². The minimum absolute atomic E-state index is 0.0785. The van der Waals surface area contributed by atoms with E-state index in [1.807, 2.05) is 43.4 Å². The molecule has 0 aliphatic carbocycles. The lowest BCUT2D eigenvalue weighted by atomic mass is 9.97. The highest BCUT2D eigenvalue weighted by atomic mass is 16.5. The number of nitrogens with zero attached hydrogens (tertiary/aromatic N) is 1. The van der Waals surface area contributed by atoms with E-state index in [9.17, 15) is 4.79 Å². The van der Waals surface area contributed by atoms with Gasteiger partial charge in [-0.1, -0.05) is 66.7 Å². The Morgan fingerprint density at radius 1 is 0.846 bits per heavy atom. The molecule has 4 aromatic carbocycles. The summed E-state index contributed by atoms with van der Waals surface area (Å²) >= 11 is 0. The number of methoxy groups -OCH3 is 2. The van der Waals surface area contributed by atoms with Crippen molar-refractivity contribution in [2.24, 2.45) is 0 Å². The van der Waals surface area contributed by atoms with Crippen LogP contribution >= 0.6 is 0 Å². The molecule has 0 atom stereocenters. The second-order valence-electron chi connectivity index (χ2n) is 9.41. The molecular weight excluding hydrogens is 488 g/mol. The van der Waals surface area contributed by atoms with E-state index < -0.39 is 0 Å². The van der Waals surface area contributed by atoms with Crippen molar-refractivity contribution in [1.82, 2.24) is 10.2 Å². The molecular formula is C33H36N2O4. The van der Waals surface area contributed by atoms with Crippen LogP contribution in [0.15, 0.2) is 91.0 Å². The molecule has 0 aliphatic heterocycles. The highest BCUT2D eigenvalue weighted by molar-refractivity contribution is 5.94. The maximum absolute atomic E-state index is 12.3.